The van der Waals surface area contributed by atoms with Crippen molar-refractivity contribution >= 4 is 0 Å². The highest BCUT2D eigenvalue weighted by molar-refractivity contribution is 4.79. The van der Waals surface area contributed by atoms with Gasteiger partial charge in [-0.3, -0.25) is 0 Å². The van der Waals surface area contributed by atoms with Gasteiger partial charge in [-0.1, -0.05) is 13.2 Å². The molecule has 0 N–H and O–H groups in total. The average Bonchev–Trinajstić information content (AvgIpc) is 1.91. The minimum Gasteiger partial charge on any atom is -0.383 e. The van der Waals surface area contributed by atoms with Gasteiger partial charge in [0.05, 0.1) is 6.61 Å². The number of hydrogen-bond donors (Lipinski definition) is 0. The van der Waals surface area contributed by atoms with E-state index in [0.717, 1.165) is 6.54 Å². The van der Waals surface area contributed by atoms with Gasteiger partial charge in [0, 0.05) is 13.7 Å². The van der Waals surface area contributed by atoms with E-state index in [9.17, 15) is 0 Å². The Morgan fingerprint density at radius 1 is 1.44 bits per heavy atom. The first-order chi connectivity index (χ1) is 4.35. The summed E-state index contributed by atoms with van der Waals surface area (Å²) in [5, 5.41) is 0. The molecule has 0 aromatic rings. The summed E-state index contributed by atoms with van der Waals surface area (Å²) in [5.74, 6) is 0. The Morgan fingerprint density at radius 2 is 2.00 bits per heavy atom. The number of rotatable bonds is 5. The van der Waals surface area contributed by atoms with Crippen molar-refractivity contribution in [2.75, 3.05) is 20.3 Å². The van der Waals surface area contributed by atoms with Crippen LogP contribution in [0.2, 0.25) is 0 Å². The van der Waals surface area contributed by atoms with Gasteiger partial charge in [-0.2, -0.15) is 0 Å². The molecule has 9 heavy (non-hydrogen) atoms. The fourth-order valence-electron chi connectivity index (χ4n) is 0.454. The minimum absolute atomic E-state index is 0.706. The van der Waals surface area contributed by atoms with Crippen LogP contribution in [-0.2, 0) is 4.74 Å². The zero-order valence-electron chi connectivity index (χ0n) is 5.84. The van der Waals surface area contributed by atoms with Crippen molar-refractivity contribution in [3.05, 3.63) is 25.6 Å². The molecule has 0 amide bonds. The van der Waals surface area contributed by atoms with Crippen molar-refractivity contribution in [2.45, 2.75) is 0 Å². The number of ether oxygens (including phenoxy) is 1. The fourth-order valence-corrected chi connectivity index (χ4v) is 0.454. The second kappa shape index (κ2) is 5.38. The molecule has 2 heteroatoms. The topological polar surface area (TPSA) is 12.5 Å². The second-order valence-corrected chi connectivity index (χ2v) is 1.60. The molecule has 0 aliphatic carbocycles. The van der Waals surface area contributed by atoms with Crippen molar-refractivity contribution in [3.63, 3.8) is 0 Å². The van der Waals surface area contributed by atoms with Crippen LogP contribution in [0.15, 0.2) is 25.6 Å². The summed E-state index contributed by atoms with van der Waals surface area (Å²) in [4.78, 5) is 1.86. The third-order valence-electron chi connectivity index (χ3n) is 1.02. The summed E-state index contributed by atoms with van der Waals surface area (Å²) in [6, 6.07) is 0. The maximum atomic E-state index is 4.84. The number of nitrogens with zero attached hydrogens (tertiary/aromatic N) is 1. The van der Waals surface area contributed by atoms with Crippen LogP contribution in [0.25, 0.3) is 0 Å². The quantitative estimate of drug-likeness (QED) is 0.550. The summed E-state index contributed by atoms with van der Waals surface area (Å²) < 4.78 is 4.84. The van der Waals surface area contributed by atoms with Crippen LogP contribution in [0.3, 0.4) is 0 Å². The smallest absolute Gasteiger partial charge is 0.0641 e. The van der Waals surface area contributed by atoms with Crippen LogP contribution in [-0.4, -0.2) is 25.2 Å². The average molecular weight is 127 g/mol. The lowest BCUT2D eigenvalue weighted by Crippen LogP contribution is -2.14. The van der Waals surface area contributed by atoms with E-state index in [-0.39, 0.29) is 0 Å². The molecule has 0 fully saturated rings. The van der Waals surface area contributed by atoms with Crippen LogP contribution in [0.5, 0.6) is 0 Å². The van der Waals surface area contributed by atoms with E-state index < -0.39 is 0 Å². The Balaban J connectivity index is 3.30. The Kier molecular flexibility index (Phi) is 4.92. The highest BCUT2D eigenvalue weighted by Crippen LogP contribution is 1.86. The molecular weight excluding hydrogens is 114 g/mol. The highest BCUT2D eigenvalue weighted by atomic mass is 16.5. The molecule has 0 saturated heterocycles. The molecule has 0 aromatic carbocycles. The van der Waals surface area contributed by atoms with Gasteiger partial charge in [-0.05, 0) is 12.4 Å². The van der Waals surface area contributed by atoms with Crippen LogP contribution in [0.1, 0.15) is 0 Å². The molecular formula is C7H13NO. The third kappa shape index (κ3) is 3.79. The van der Waals surface area contributed by atoms with Gasteiger partial charge < -0.3 is 9.64 Å². The molecule has 0 radical (unpaired) electrons. The fraction of sp³-hybridized carbons (Fsp3) is 0.429. The Morgan fingerprint density at radius 3 is 2.33 bits per heavy atom. The van der Waals surface area contributed by atoms with E-state index in [4.69, 9.17) is 4.74 Å². The zero-order chi connectivity index (χ0) is 7.11. The molecule has 0 aromatic heterocycles. The van der Waals surface area contributed by atoms with Gasteiger partial charge >= 0.3 is 0 Å². The lowest BCUT2D eigenvalue weighted by atomic mass is 10.6. The molecule has 0 spiro atoms. The van der Waals surface area contributed by atoms with Crippen molar-refractivity contribution in [1.29, 1.82) is 0 Å². The zero-order valence-corrected chi connectivity index (χ0v) is 5.84. The molecule has 0 aliphatic heterocycles. The molecule has 0 rings (SSSR count). The predicted molar refractivity (Wildman–Crippen MR) is 39.0 cm³/mol. The first-order valence-corrected chi connectivity index (χ1v) is 2.85. The molecule has 0 heterocycles. The summed E-state index contributed by atoms with van der Waals surface area (Å²) >= 11 is 0. The maximum absolute atomic E-state index is 4.84. The monoisotopic (exact) mass is 127 g/mol. The summed E-state index contributed by atoms with van der Waals surface area (Å²) in [7, 11) is 1.67. The number of methoxy groups -OCH3 is 1. The van der Waals surface area contributed by atoms with E-state index in [1.807, 2.05) is 4.90 Å². The maximum Gasteiger partial charge on any atom is 0.0641 e. The molecule has 52 valence electrons. The largest absolute Gasteiger partial charge is 0.383 e. The van der Waals surface area contributed by atoms with Gasteiger partial charge in [-0.15, -0.1) is 0 Å². The van der Waals surface area contributed by atoms with Crippen LogP contribution in [0, 0.1) is 0 Å². The van der Waals surface area contributed by atoms with E-state index in [0.29, 0.717) is 6.61 Å². The Bertz CT molecular complexity index is 82.9. The Labute approximate surface area is 56.4 Å². The Hall–Kier alpha value is -0.760. The highest BCUT2D eigenvalue weighted by Gasteiger charge is 1.88. The first kappa shape index (κ1) is 8.24. The van der Waals surface area contributed by atoms with E-state index >= 15 is 0 Å². The minimum atomic E-state index is 0.706. The van der Waals surface area contributed by atoms with Gasteiger partial charge in [0.25, 0.3) is 0 Å². The lowest BCUT2D eigenvalue weighted by molar-refractivity contribution is 0.183. The van der Waals surface area contributed by atoms with Crippen LogP contribution in [0.4, 0.5) is 0 Å². The van der Waals surface area contributed by atoms with E-state index in [1.165, 1.54) is 0 Å². The molecule has 0 saturated carbocycles. The van der Waals surface area contributed by atoms with Crippen LogP contribution < -0.4 is 0 Å². The van der Waals surface area contributed by atoms with E-state index in [2.05, 4.69) is 13.2 Å². The van der Waals surface area contributed by atoms with Gasteiger partial charge in [0.1, 0.15) is 0 Å². The molecule has 2 nitrogen and oxygen atoms in total. The number of hydrogen-bond acceptors (Lipinski definition) is 2. The summed E-state index contributed by atoms with van der Waals surface area (Å²) in [6.07, 6.45) is 3.43. The van der Waals surface area contributed by atoms with Gasteiger partial charge in [0.15, 0.2) is 0 Å². The third-order valence-corrected chi connectivity index (χ3v) is 1.02. The summed E-state index contributed by atoms with van der Waals surface area (Å²) in [5.41, 5.74) is 0. The van der Waals surface area contributed by atoms with Gasteiger partial charge in [0.2, 0.25) is 0 Å². The second-order valence-electron chi connectivity index (χ2n) is 1.60. The lowest BCUT2D eigenvalue weighted by Gasteiger charge is -2.12. The normalized spacial score (nSPS) is 8.56. The van der Waals surface area contributed by atoms with Crippen LogP contribution >= 0.6 is 0 Å². The van der Waals surface area contributed by atoms with Crippen molar-refractivity contribution < 1.29 is 4.74 Å². The standard InChI is InChI=1S/C7H13NO/c1-4-8(5-2)6-7-9-3/h4-5H,1-2,6-7H2,3H3. The molecule has 0 atom stereocenters. The molecule has 0 aliphatic rings. The molecule has 0 unspecified atom stereocenters. The first-order valence-electron chi connectivity index (χ1n) is 2.85. The SMILES string of the molecule is C=CN(C=C)CCOC. The van der Waals surface area contributed by atoms with E-state index in [1.54, 1.807) is 19.5 Å². The summed E-state index contributed by atoms with van der Waals surface area (Å²) in [6.45, 7) is 8.70. The predicted octanol–water partition coefficient (Wildman–Crippen LogP) is 1.22. The van der Waals surface area contributed by atoms with Gasteiger partial charge in [-0.25, -0.2) is 0 Å². The van der Waals surface area contributed by atoms with Crippen molar-refractivity contribution in [1.82, 2.24) is 4.90 Å². The van der Waals surface area contributed by atoms with Crippen molar-refractivity contribution in [3.8, 4) is 0 Å². The van der Waals surface area contributed by atoms with Crippen molar-refractivity contribution in [2.24, 2.45) is 0 Å². The molecule has 0 bridgehead atoms.